The average molecular weight is 425 g/mol. The van der Waals surface area contributed by atoms with Gasteiger partial charge in [-0.05, 0) is 36.8 Å². The summed E-state index contributed by atoms with van der Waals surface area (Å²) in [6.45, 7) is 2.68. The van der Waals surface area contributed by atoms with Crippen LogP contribution in [0.25, 0.3) is 0 Å². The summed E-state index contributed by atoms with van der Waals surface area (Å²) < 4.78 is 26.0. The highest BCUT2D eigenvalue weighted by molar-refractivity contribution is 8.00. The van der Waals surface area contributed by atoms with Crippen LogP contribution in [0.5, 0.6) is 0 Å². The number of fused-ring (bicyclic) bond motifs is 1. The number of hydrogen-bond donors (Lipinski definition) is 0. The largest absolute Gasteiger partial charge is 0.307 e. The minimum absolute atomic E-state index is 0.0473. The first kappa shape index (κ1) is 20.2. The molecule has 144 valence electrons. The average Bonchev–Trinajstić information content (AvgIpc) is 2.79. The van der Waals surface area contributed by atoms with E-state index < -0.39 is 10.0 Å². The van der Waals surface area contributed by atoms with Crippen LogP contribution in [0.1, 0.15) is 23.7 Å². The van der Waals surface area contributed by atoms with Crippen molar-refractivity contribution in [2.75, 3.05) is 25.5 Å². The lowest BCUT2D eigenvalue weighted by Gasteiger charge is -2.23. The van der Waals surface area contributed by atoms with E-state index in [0.717, 1.165) is 21.3 Å². The monoisotopic (exact) mass is 424 g/mol. The topological polar surface area (TPSA) is 57.7 Å². The summed E-state index contributed by atoms with van der Waals surface area (Å²) in [6, 6.07) is 12.0. The van der Waals surface area contributed by atoms with Crippen LogP contribution in [0.3, 0.4) is 0 Å². The second kappa shape index (κ2) is 7.83. The molecule has 0 N–H and O–H groups in total. The first-order valence-corrected chi connectivity index (χ1v) is 11.2. The van der Waals surface area contributed by atoms with Crippen molar-refractivity contribution < 1.29 is 13.2 Å². The number of benzene rings is 2. The van der Waals surface area contributed by atoms with E-state index in [0.29, 0.717) is 11.8 Å². The lowest BCUT2D eigenvalue weighted by atomic mass is 10.1. The van der Waals surface area contributed by atoms with E-state index >= 15 is 0 Å². The molecule has 0 spiro atoms. The lowest BCUT2D eigenvalue weighted by Crippen LogP contribution is -2.32. The Morgan fingerprint density at radius 2 is 1.93 bits per heavy atom. The van der Waals surface area contributed by atoms with Crippen LogP contribution in [0.15, 0.2) is 52.3 Å². The molecule has 2 aromatic carbocycles. The zero-order chi connectivity index (χ0) is 19.8. The number of rotatable bonds is 3. The van der Waals surface area contributed by atoms with Gasteiger partial charge in [0.2, 0.25) is 10.0 Å². The van der Waals surface area contributed by atoms with Crippen molar-refractivity contribution >= 4 is 45.0 Å². The Balaban J connectivity index is 2.06. The fourth-order valence-electron chi connectivity index (χ4n) is 2.88. The fourth-order valence-corrected chi connectivity index (χ4v) is 5.12. The summed E-state index contributed by atoms with van der Waals surface area (Å²) in [4.78, 5) is 16.1. The number of para-hydroxylation sites is 1. The minimum Gasteiger partial charge on any atom is -0.307 e. The zero-order valence-corrected chi connectivity index (χ0v) is 17.7. The van der Waals surface area contributed by atoms with Gasteiger partial charge in [-0.2, -0.15) is 0 Å². The molecule has 1 unspecified atom stereocenters. The number of halogens is 1. The van der Waals surface area contributed by atoms with Crippen LogP contribution in [-0.2, 0) is 10.0 Å². The van der Waals surface area contributed by atoms with Crippen LogP contribution >= 0.6 is 23.4 Å². The van der Waals surface area contributed by atoms with Gasteiger partial charge in [0, 0.05) is 30.8 Å². The molecule has 0 saturated heterocycles. The lowest BCUT2D eigenvalue weighted by molar-refractivity contribution is 0.0986. The molecule has 0 saturated carbocycles. The van der Waals surface area contributed by atoms with Crippen LogP contribution in [0, 0.1) is 0 Å². The number of amides is 1. The Bertz CT molecular complexity index is 977. The molecule has 2 aromatic rings. The first-order chi connectivity index (χ1) is 12.7. The van der Waals surface area contributed by atoms with Crippen molar-refractivity contribution in [2.24, 2.45) is 0 Å². The van der Waals surface area contributed by atoms with Gasteiger partial charge in [0.05, 0.1) is 21.2 Å². The van der Waals surface area contributed by atoms with E-state index in [9.17, 15) is 13.2 Å². The summed E-state index contributed by atoms with van der Waals surface area (Å²) in [7, 11) is -0.750. The second-order valence-corrected chi connectivity index (χ2v) is 10.6. The fraction of sp³-hybridized carbons (Fsp3) is 0.316. The summed E-state index contributed by atoms with van der Waals surface area (Å²) >= 11 is 8.01. The van der Waals surface area contributed by atoms with Crippen molar-refractivity contribution in [3.63, 3.8) is 0 Å². The number of anilines is 1. The number of sulfonamides is 1. The van der Waals surface area contributed by atoms with Gasteiger partial charge in [0.15, 0.2) is 0 Å². The van der Waals surface area contributed by atoms with Crippen molar-refractivity contribution in [3.05, 3.63) is 53.1 Å². The smallest absolute Gasteiger partial charge is 0.259 e. The third-order valence-corrected chi connectivity index (χ3v) is 7.81. The van der Waals surface area contributed by atoms with Gasteiger partial charge in [-0.15, -0.1) is 11.8 Å². The Morgan fingerprint density at radius 1 is 1.22 bits per heavy atom. The minimum atomic E-state index is -3.66. The van der Waals surface area contributed by atoms with Crippen molar-refractivity contribution in [2.45, 2.75) is 28.4 Å². The van der Waals surface area contributed by atoms with E-state index in [2.05, 4.69) is 6.92 Å². The van der Waals surface area contributed by atoms with Crippen molar-refractivity contribution in [1.82, 2.24) is 4.31 Å². The maximum Gasteiger partial charge on any atom is 0.259 e. The van der Waals surface area contributed by atoms with E-state index in [1.807, 2.05) is 24.3 Å². The molecule has 0 aromatic heterocycles. The third kappa shape index (κ3) is 4.01. The highest BCUT2D eigenvalue weighted by Gasteiger charge is 2.28. The van der Waals surface area contributed by atoms with Crippen molar-refractivity contribution in [1.29, 1.82) is 0 Å². The molecule has 5 nitrogen and oxygen atoms in total. The molecule has 3 rings (SSSR count). The molecule has 0 radical (unpaired) electrons. The van der Waals surface area contributed by atoms with E-state index in [1.54, 1.807) is 16.7 Å². The highest BCUT2D eigenvalue weighted by Crippen LogP contribution is 2.38. The predicted octanol–water partition coefficient (Wildman–Crippen LogP) is 4.12. The Labute approximate surface area is 169 Å². The van der Waals surface area contributed by atoms with Gasteiger partial charge in [-0.3, -0.25) is 4.79 Å². The number of carbonyl (C=O) groups is 1. The molecule has 27 heavy (non-hydrogen) atoms. The van der Waals surface area contributed by atoms with Crippen LogP contribution < -0.4 is 4.90 Å². The maximum atomic E-state index is 13.3. The van der Waals surface area contributed by atoms with Gasteiger partial charge < -0.3 is 4.90 Å². The number of carbonyl (C=O) groups excluding carboxylic acids is 1. The van der Waals surface area contributed by atoms with Crippen molar-refractivity contribution in [3.8, 4) is 0 Å². The standard InChI is InChI=1S/C19H21ClN2O3S2/c1-13-10-11-22(17-6-4-5-7-18(17)26-13)19(23)15-12-14(8-9-16(15)20)27(24,25)21(2)3/h4-9,12-13H,10-11H2,1-3H3. The second-order valence-electron chi connectivity index (χ2n) is 6.57. The molecule has 1 atom stereocenters. The molecule has 1 aliphatic rings. The van der Waals surface area contributed by atoms with Gasteiger partial charge in [-0.1, -0.05) is 30.7 Å². The number of nitrogens with zero attached hydrogens (tertiary/aromatic N) is 2. The summed E-state index contributed by atoms with van der Waals surface area (Å²) in [6.07, 6.45) is 0.832. The highest BCUT2D eigenvalue weighted by atomic mass is 35.5. The number of thioether (sulfide) groups is 1. The van der Waals surface area contributed by atoms with Gasteiger partial charge in [-0.25, -0.2) is 12.7 Å². The molecule has 0 fully saturated rings. The quantitative estimate of drug-likeness (QED) is 0.743. The SMILES string of the molecule is CC1CCN(C(=O)c2cc(S(=O)(=O)N(C)C)ccc2Cl)c2ccccc2S1. The molecule has 1 aliphatic heterocycles. The maximum absolute atomic E-state index is 13.3. The van der Waals surface area contributed by atoms with E-state index in [1.165, 1.54) is 32.3 Å². The molecular formula is C19H21ClN2O3S2. The molecule has 0 bridgehead atoms. The molecule has 0 aliphatic carbocycles. The Kier molecular flexibility index (Phi) is 5.86. The summed E-state index contributed by atoms with van der Waals surface area (Å²) in [5.41, 5.74) is 1.02. The number of hydrogen-bond acceptors (Lipinski definition) is 4. The molecule has 8 heteroatoms. The summed E-state index contributed by atoms with van der Waals surface area (Å²) in [5.74, 6) is -0.294. The molecular weight excluding hydrogens is 404 g/mol. The normalized spacial score (nSPS) is 17.5. The van der Waals surface area contributed by atoms with Gasteiger partial charge in [0.25, 0.3) is 5.91 Å². The molecule has 1 amide bonds. The Hall–Kier alpha value is -1.54. The van der Waals surface area contributed by atoms with Crippen LogP contribution in [0.2, 0.25) is 5.02 Å². The van der Waals surface area contributed by atoms with E-state index in [4.69, 9.17) is 11.6 Å². The molecule has 1 heterocycles. The Morgan fingerprint density at radius 3 is 2.63 bits per heavy atom. The van der Waals surface area contributed by atoms with Gasteiger partial charge in [0.1, 0.15) is 0 Å². The zero-order valence-electron chi connectivity index (χ0n) is 15.3. The first-order valence-electron chi connectivity index (χ1n) is 8.51. The van der Waals surface area contributed by atoms with Gasteiger partial charge >= 0.3 is 0 Å². The van der Waals surface area contributed by atoms with Crippen LogP contribution in [-0.4, -0.2) is 44.5 Å². The predicted molar refractivity (Wildman–Crippen MR) is 110 cm³/mol. The van der Waals surface area contributed by atoms with Crippen LogP contribution in [0.4, 0.5) is 5.69 Å². The summed E-state index contributed by atoms with van der Waals surface area (Å²) in [5, 5.41) is 0.611. The third-order valence-electron chi connectivity index (χ3n) is 4.44. The van der Waals surface area contributed by atoms with E-state index in [-0.39, 0.29) is 21.4 Å².